The van der Waals surface area contributed by atoms with Crippen molar-refractivity contribution < 1.29 is 10.1 Å². The van der Waals surface area contributed by atoms with Crippen LogP contribution in [0.1, 0.15) is 25.3 Å². The van der Waals surface area contributed by atoms with E-state index in [2.05, 4.69) is 24.4 Å². The Morgan fingerprint density at radius 2 is 2.00 bits per heavy atom. The van der Waals surface area contributed by atoms with Crippen molar-refractivity contribution in [2.45, 2.75) is 32.4 Å². The normalized spacial score (nSPS) is 17.5. The lowest BCUT2D eigenvalue weighted by Gasteiger charge is -2.09. The van der Waals surface area contributed by atoms with E-state index in [9.17, 15) is 0 Å². The van der Waals surface area contributed by atoms with E-state index < -0.39 is 0 Å². The fourth-order valence-electron chi connectivity index (χ4n) is 1.90. The molecule has 2 rings (SSSR count). The summed E-state index contributed by atoms with van der Waals surface area (Å²) < 4.78 is 5.13. The minimum Gasteiger partial charge on any atom is -0.497 e. The van der Waals surface area contributed by atoms with Gasteiger partial charge in [-0.15, -0.1) is 0 Å². The second-order valence-corrected chi connectivity index (χ2v) is 4.48. The van der Waals surface area contributed by atoms with Crippen LogP contribution < -0.4 is 10.1 Å². The number of nitrogens with two attached hydrogens (primary N) is 1. The molecule has 0 saturated heterocycles. The van der Waals surface area contributed by atoms with Crippen LogP contribution in [0, 0.1) is 5.92 Å². The van der Waals surface area contributed by atoms with Gasteiger partial charge in [0.25, 0.3) is 0 Å². The molecule has 1 saturated carbocycles. The van der Waals surface area contributed by atoms with Crippen LogP contribution in [0.25, 0.3) is 0 Å². The Morgan fingerprint density at radius 3 is 2.53 bits per heavy atom. The van der Waals surface area contributed by atoms with E-state index >= 15 is 0 Å². The van der Waals surface area contributed by atoms with E-state index in [1.807, 2.05) is 12.1 Å². The van der Waals surface area contributed by atoms with E-state index in [0.29, 0.717) is 0 Å². The van der Waals surface area contributed by atoms with Crippen molar-refractivity contribution in [1.82, 2.24) is 0 Å². The summed E-state index contributed by atoms with van der Waals surface area (Å²) in [5.41, 5.74) is 1.38. The van der Waals surface area contributed by atoms with Gasteiger partial charge in [0.2, 0.25) is 0 Å². The molecule has 1 atom stereocenters. The van der Waals surface area contributed by atoms with Crippen LogP contribution in [0.2, 0.25) is 0 Å². The van der Waals surface area contributed by atoms with Gasteiger partial charge in [-0.3, -0.25) is 0 Å². The molecule has 0 heterocycles. The highest BCUT2D eigenvalue weighted by molar-refractivity contribution is 5.26. The lowest BCUT2D eigenvalue weighted by molar-refractivity contribution is -0.704. The lowest BCUT2D eigenvalue weighted by atomic mass is 10.2. The minimum atomic E-state index is 0.784. The van der Waals surface area contributed by atoms with Gasteiger partial charge < -0.3 is 10.1 Å². The van der Waals surface area contributed by atoms with Gasteiger partial charge in [0.1, 0.15) is 12.3 Å². The Kier molecular flexibility index (Phi) is 3.27. The van der Waals surface area contributed by atoms with Crippen molar-refractivity contribution >= 4 is 0 Å². The zero-order valence-electron chi connectivity index (χ0n) is 9.57. The van der Waals surface area contributed by atoms with Crippen molar-refractivity contribution in [3.05, 3.63) is 29.8 Å². The summed E-state index contributed by atoms with van der Waals surface area (Å²) >= 11 is 0. The lowest BCUT2D eigenvalue weighted by Crippen LogP contribution is -2.88. The summed E-state index contributed by atoms with van der Waals surface area (Å²) in [6.45, 7) is 3.42. The smallest absolute Gasteiger partial charge is 0.118 e. The second kappa shape index (κ2) is 4.67. The quantitative estimate of drug-likeness (QED) is 0.777. The molecule has 0 amide bonds. The Bertz CT molecular complexity index is 303. The van der Waals surface area contributed by atoms with E-state index in [0.717, 1.165) is 24.3 Å². The van der Waals surface area contributed by atoms with Gasteiger partial charge in [-0.25, -0.2) is 0 Å². The van der Waals surface area contributed by atoms with Crippen molar-refractivity contribution in [2.75, 3.05) is 7.11 Å². The highest BCUT2D eigenvalue weighted by atomic mass is 16.5. The number of benzene rings is 1. The molecule has 82 valence electrons. The molecule has 1 fully saturated rings. The van der Waals surface area contributed by atoms with Crippen LogP contribution in [0.4, 0.5) is 0 Å². The molecule has 0 bridgehead atoms. The molecule has 2 nitrogen and oxygen atoms in total. The predicted molar refractivity (Wildman–Crippen MR) is 60.8 cm³/mol. The first-order valence-corrected chi connectivity index (χ1v) is 5.76. The van der Waals surface area contributed by atoms with Crippen molar-refractivity contribution in [3.8, 4) is 5.75 Å². The largest absolute Gasteiger partial charge is 0.497 e. The zero-order valence-corrected chi connectivity index (χ0v) is 9.57. The molecule has 1 aromatic rings. The average Bonchev–Trinajstić information content (AvgIpc) is 3.10. The number of hydrogen-bond donors (Lipinski definition) is 1. The Labute approximate surface area is 91.6 Å². The van der Waals surface area contributed by atoms with Gasteiger partial charge in [0.15, 0.2) is 0 Å². The van der Waals surface area contributed by atoms with Crippen LogP contribution in [0.15, 0.2) is 24.3 Å². The fraction of sp³-hybridized carbons (Fsp3) is 0.538. The molecule has 2 heteroatoms. The molecule has 0 unspecified atom stereocenters. The summed E-state index contributed by atoms with van der Waals surface area (Å²) in [5, 5.41) is 2.44. The van der Waals surface area contributed by atoms with E-state index in [4.69, 9.17) is 4.74 Å². The van der Waals surface area contributed by atoms with Crippen LogP contribution in [-0.2, 0) is 6.54 Å². The molecule has 0 aromatic heterocycles. The molecular weight excluding hydrogens is 186 g/mol. The summed E-state index contributed by atoms with van der Waals surface area (Å²) in [6.07, 6.45) is 2.86. The molecule has 0 radical (unpaired) electrons. The SMILES string of the molecule is COc1ccc(C[NH2+][C@@H](C)C2CC2)cc1. The molecule has 2 N–H and O–H groups in total. The van der Waals surface area contributed by atoms with Crippen molar-refractivity contribution in [1.29, 1.82) is 0 Å². The van der Waals surface area contributed by atoms with Gasteiger partial charge in [-0.2, -0.15) is 0 Å². The van der Waals surface area contributed by atoms with Gasteiger partial charge >= 0.3 is 0 Å². The highest BCUT2D eigenvalue weighted by Crippen LogP contribution is 2.30. The molecule has 0 spiro atoms. The van der Waals surface area contributed by atoms with Gasteiger partial charge in [-0.1, -0.05) is 0 Å². The number of ether oxygens (including phenoxy) is 1. The first-order valence-electron chi connectivity index (χ1n) is 5.76. The number of hydrogen-bond acceptors (Lipinski definition) is 1. The summed E-state index contributed by atoms with van der Waals surface area (Å²) in [7, 11) is 1.70. The maximum absolute atomic E-state index is 5.13. The summed E-state index contributed by atoms with van der Waals surface area (Å²) in [6, 6.07) is 9.15. The number of quaternary nitrogens is 1. The molecule has 1 aromatic carbocycles. The van der Waals surface area contributed by atoms with E-state index in [-0.39, 0.29) is 0 Å². The van der Waals surface area contributed by atoms with E-state index in [1.165, 1.54) is 18.4 Å². The number of rotatable bonds is 5. The van der Waals surface area contributed by atoms with Crippen LogP contribution in [0.3, 0.4) is 0 Å². The van der Waals surface area contributed by atoms with Gasteiger partial charge in [0.05, 0.1) is 13.2 Å². The molecule has 15 heavy (non-hydrogen) atoms. The molecule has 1 aliphatic rings. The molecule has 0 aliphatic heterocycles. The predicted octanol–water partition coefficient (Wildman–Crippen LogP) is 1.56. The highest BCUT2D eigenvalue weighted by Gasteiger charge is 2.30. The summed E-state index contributed by atoms with van der Waals surface area (Å²) in [5.74, 6) is 1.91. The standard InChI is InChI=1S/C13H19NO/c1-10(12-5-6-12)14-9-11-3-7-13(15-2)8-4-11/h3-4,7-8,10,12,14H,5-6,9H2,1-2H3/p+1/t10-/m0/s1. The van der Waals surface area contributed by atoms with Gasteiger partial charge in [0, 0.05) is 11.5 Å². The third-order valence-electron chi connectivity index (χ3n) is 3.25. The third kappa shape index (κ3) is 2.96. The number of methoxy groups -OCH3 is 1. The second-order valence-electron chi connectivity index (χ2n) is 4.48. The van der Waals surface area contributed by atoms with Crippen molar-refractivity contribution in [2.24, 2.45) is 5.92 Å². The van der Waals surface area contributed by atoms with Gasteiger partial charge in [-0.05, 0) is 44.0 Å². The Morgan fingerprint density at radius 1 is 1.33 bits per heavy atom. The third-order valence-corrected chi connectivity index (χ3v) is 3.25. The van der Waals surface area contributed by atoms with Crippen LogP contribution in [-0.4, -0.2) is 13.2 Å². The van der Waals surface area contributed by atoms with Crippen LogP contribution in [0.5, 0.6) is 5.75 Å². The first-order chi connectivity index (χ1) is 7.29. The maximum Gasteiger partial charge on any atom is 0.118 e. The van der Waals surface area contributed by atoms with Crippen molar-refractivity contribution in [3.63, 3.8) is 0 Å². The summed E-state index contributed by atoms with van der Waals surface area (Å²) in [4.78, 5) is 0. The monoisotopic (exact) mass is 206 g/mol. The molecular formula is C13H20NO+. The van der Waals surface area contributed by atoms with Crippen LogP contribution >= 0.6 is 0 Å². The zero-order chi connectivity index (χ0) is 10.7. The Balaban J connectivity index is 1.81. The maximum atomic E-state index is 5.13. The topological polar surface area (TPSA) is 25.8 Å². The minimum absolute atomic E-state index is 0.784. The average molecular weight is 206 g/mol. The fourth-order valence-corrected chi connectivity index (χ4v) is 1.90. The first kappa shape index (κ1) is 10.5. The van der Waals surface area contributed by atoms with E-state index in [1.54, 1.807) is 7.11 Å². The Hall–Kier alpha value is -1.02. The molecule has 1 aliphatic carbocycles.